The van der Waals surface area contributed by atoms with E-state index in [4.69, 9.17) is 0 Å². The SMILES string of the molecule is O=C(Nc1cnccn1)C1CCN(C(=O)Nc2cccnc2N2CCCC2)CC1. The molecule has 0 bridgehead atoms. The van der Waals surface area contributed by atoms with Gasteiger partial charge in [0.2, 0.25) is 5.91 Å². The van der Waals surface area contributed by atoms with E-state index < -0.39 is 0 Å². The number of nitrogens with one attached hydrogen (secondary N) is 2. The first kappa shape index (κ1) is 19.1. The van der Waals surface area contributed by atoms with Gasteiger partial charge in [-0.1, -0.05) is 0 Å². The van der Waals surface area contributed by atoms with Gasteiger partial charge in [0.1, 0.15) is 0 Å². The molecule has 0 aromatic carbocycles. The van der Waals surface area contributed by atoms with Crippen molar-refractivity contribution in [2.75, 3.05) is 41.7 Å². The van der Waals surface area contributed by atoms with E-state index in [1.54, 1.807) is 17.3 Å². The lowest BCUT2D eigenvalue weighted by atomic mass is 9.96. The fourth-order valence-corrected chi connectivity index (χ4v) is 3.81. The third-order valence-corrected chi connectivity index (χ3v) is 5.40. The van der Waals surface area contributed by atoms with E-state index in [0.29, 0.717) is 31.7 Å². The van der Waals surface area contributed by atoms with E-state index in [1.807, 2.05) is 12.1 Å². The number of aromatic nitrogens is 3. The third-order valence-electron chi connectivity index (χ3n) is 5.40. The summed E-state index contributed by atoms with van der Waals surface area (Å²) < 4.78 is 0. The molecule has 2 aliphatic rings. The molecule has 152 valence electrons. The highest BCUT2D eigenvalue weighted by Gasteiger charge is 2.28. The van der Waals surface area contributed by atoms with E-state index >= 15 is 0 Å². The molecule has 2 aromatic heterocycles. The van der Waals surface area contributed by atoms with Crippen molar-refractivity contribution in [3.63, 3.8) is 0 Å². The molecule has 0 unspecified atom stereocenters. The largest absolute Gasteiger partial charge is 0.355 e. The van der Waals surface area contributed by atoms with Crippen molar-refractivity contribution in [3.05, 3.63) is 36.9 Å². The Morgan fingerprint density at radius 3 is 2.48 bits per heavy atom. The van der Waals surface area contributed by atoms with Crippen LogP contribution in [0.4, 0.5) is 22.1 Å². The number of pyridine rings is 1. The van der Waals surface area contributed by atoms with Crippen LogP contribution < -0.4 is 15.5 Å². The molecule has 9 heteroatoms. The molecule has 2 fully saturated rings. The third kappa shape index (κ3) is 4.61. The van der Waals surface area contributed by atoms with Gasteiger partial charge in [0.25, 0.3) is 0 Å². The normalized spacial score (nSPS) is 17.2. The molecule has 2 N–H and O–H groups in total. The van der Waals surface area contributed by atoms with Crippen molar-refractivity contribution in [3.8, 4) is 0 Å². The van der Waals surface area contributed by atoms with E-state index in [2.05, 4.69) is 30.5 Å². The molecular weight excluding hydrogens is 370 g/mol. The molecule has 0 saturated carbocycles. The molecule has 4 rings (SSSR count). The lowest BCUT2D eigenvalue weighted by Gasteiger charge is -2.31. The number of rotatable bonds is 4. The second kappa shape index (κ2) is 8.85. The van der Waals surface area contributed by atoms with Gasteiger partial charge in [0.15, 0.2) is 11.6 Å². The number of hydrogen-bond donors (Lipinski definition) is 2. The predicted molar refractivity (Wildman–Crippen MR) is 110 cm³/mol. The summed E-state index contributed by atoms with van der Waals surface area (Å²) in [5, 5.41) is 5.79. The first-order valence-electron chi connectivity index (χ1n) is 10.0. The lowest BCUT2D eigenvalue weighted by molar-refractivity contribution is -0.121. The van der Waals surface area contributed by atoms with Crippen molar-refractivity contribution in [1.82, 2.24) is 19.9 Å². The molecule has 0 atom stereocenters. The van der Waals surface area contributed by atoms with E-state index in [1.165, 1.54) is 12.4 Å². The summed E-state index contributed by atoms with van der Waals surface area (Å²) in [6, 6.07) is 3.57. The molecular formula is C20H25N7O2. The molecule has 3 amide bonds. The minimum absolute atomic E-state index is 0.0749. The highest BCUT2D eigenvalue weighted by Crippen LogP contribution is 2.27. The summed E-state index contributed by atoms with van der Waals surface area (Å²) in [5.41, 5.74) is 0.738. The van der Waals surface area contributed by atoms with Crippen LogP contribution >= 0.6 is 0 Å². The molecule has 0 aliphatic carbocycles. The van der Waals surface area contributed by atoms with E-state index in [0.717, 1.165) is 37.4 Å². The van der Waals surface area contributed by atoms with Crippen LogP contribution in [-0.2, 0) is 4.79 Å². The maximum Gasteiger partial charge on any atom is 0.321 e. The number of carbonyl (C=O) groups excluding carboxylic acids is 2. The Morgan fingerprint density at radius 1 is 0.966 bits per heavy atom. The van der Waals surface area contributed by atoms with Gasteiger partial charge in [0.05, 0.1) is 11.9 Å². The molecule has 0 spiro atoms. The Morgan fingerprint density at radius 2 is 1.76 bits per heavy atom. The average molecular weight is 395 g/mol. The number of piperidine rings is 1. The van der Waals surface area contributed by atoms with Crippen molar-refractivity contribution in [2.45, 2.75) is 25.7 Å². The number of hydrogen-bond acceptors (Lipinski definition) is 6. The van der Waals surface area contributed by atoms with E-state index in [-0.39, 0.29) is 17.9 Å². The lowest BCUT2D eigenvalue weighted by Crippen LogP contribution is -2.43. The predicted octanol–water partition coefficient (Wildman–Crippen LogP) is 2.35. The zero-order valence-corrected chi connectivity index (χ0v) is 16.3. The Balaban J connectivity index is 1.31. The fourth-order valence-electron chi connectivity index (χ4n) is 3.81. The van der Waals surface area contributed by atoms with Crippen LogP contribution in [0.2, 0.25) is 0 Å². The van der Waals surface area contributed by atoms with Crippen molar-refractivity contribution in [2.24, 2.45) is 5.92 Å². The Labute approximate surface area is 169 Å². The molecule has 2 aliphatic heterocycles. The maximum absolute atomic E-state index is 12.8. The van der Waals surface area contributed by atoms with Crippen LogP contribution in [0.5, 0.6) is 0 Å². The summed E-state index contributed by atoms with van der Waals surface area (Å²) >= 11 is 0. The van der Waals surface area contributed by atoms with Crippen LogP contribution in [0, 0.1) is 5.92 Å². The van der Waals surface area contributed by atoms with Gasteiger partial charge in [-0.3, -0.25) is 9.78 Å². The summed E-state index contributed by atoms with van der Waals surface area (Å²) in [5.74, 6) is 1.06. The number of anilines is 3. The van der Waals surface area contributed by atoms with Crippen molar-refractivity contribution >= 4 is 29.3 Å². The van der Waals surface area contributed by atoms with Gasteiger partial charge in [-0.2, -0.15) is 0 Å². The highest BCUT2D eigenvalue weighted by molar-refractivity contribution is 5.94. The number of nitrogens with zero attached hydrogens (tertiary/aromatic N) is 5. The highest BCUT2D eigenvalue weighted by atomic mass is 16.2. The van der Waals surface area contributed by atoms with Crippen molar-refractivity contribution in [1.29, 1.82) is 0 Å². The summed E-state index contributed by atoms with van der Waals surface area (Å²) in [6.45, 7) is 2.99. The molecule has 0 radical (unpaired) electrons. The van der Waals surface area contributed by atoms with E-state index in [9.17, 15) is 9.59 Å². The van der Waals surface area contributed by atoms with Crippen molar-refractivity contribution < 1.29 is 9.59 Å². The zero-order chi connectivity index (χ0) is 20.1. The first-order chi connectivity index (χ1) is 14.2. The second-order valence-corrected chi connectivity index (χ2v) is 7.34. The first-order valence-corrected chi connectivity index (χ1v) is 10.0. The Kier molecular flexibility index (Phi) is 5.83. The topological polar surface area (TPSA) is 103 Å². The summed E-state index contributed by atoms with van der Waals surface area (Å²) in [4.78, 5) is 41.6. The van der Waals surface area contributed by atoms with Crippen LogP contribution in [0.1, 0.15) is 25.7 Å². The monoisotopic (exact) mass is 395 g/mol. The average Bonchev–Trinajstić information content (AvgIpc) is 3.30. The summed E-state index contributed by atoms with van der Waals surface area (Å²) in [7, 11) is 0. The number of carbonyl (C=O) groups is 2. The minimum atomic E-state index is -0.147. The maximum atomic E-state index is 12.8. The van der Waals surface area contributed by atoms with Gasteiger partial charge in [-0.15, -0.1) is 0 Å². The Bertz CT molecular complexity index is 847. The van der Waals surface area contributed by atoms with Crippen LogP contribution in [0.15, 0.2) is 36.9 Å². The molecule has 2 aromatic rings. The van der Waals surface area contributed by atoms with Gasteiger partial charge < -0.3 is 20.4 Å². The minimum Gasteiger partial charge on any atom is -0.355 e. The quantitative estimate of drug-likeness (QED) is 0.824. The van der Waals surface area contributed by atoms with Crippen LogP contribution in [-0.4, -0.2) is 58.0 Å². The number of urea groups is 1. The Hall–Kier alpha value is -3.23. The van der Waals surface area contributed by atoms with Gasteiger partial charge >= 0.3 is 6.03 Å². The number of likely N-dealkylation sites (tertiary alicyclic amines) is 1. The molecule has 4 heterocycles. The van der Waals surface area contributed by atoms with Gasteiger partial charge in [0, 0.05) is 50.7 Å². The second-order valence-electron chi connectivity index (χ2n) is 7.34. The van der Waals surface area contributed by atoms with Gasteiger partial charge in [-0.25, -0.2) is 14.8 Å². The van der Waals surface area contributed by atoms with Gasteiger partial charge in [-0.05, 0) is 37.8 Å². The molecule has 9 nitrogen and oxygen atoms in total. The summed E-state index contributed by atoms with van der Waals surface area (Å²) in [6.07, 6.45) is 9.90. The zero-order valence-electron chi connectivity index (χ0n) is 16.3. The molecule has 29 heavy (non-hydrogen) atoms. The standard InChI is InChI=1S/C20H25N7O2/c28-19(25-17-14-21-8-9-22-17)15-5-12-27(13-6-15)20(29)24-16-4-3-7-23-18(16)26-10-1-2-11-26/h3-4,7-9,14-15H,1-2,5-6,10-13H2,(H,24,29)(H,22,25,28). The van der Waals surface area contributed by atoms with Crippen LogP contribution in [0.3, 0.4) is 0 Å². The number of amides is 3. The van der Waals surface area contributed by atoms with Crippen LogP contribution in [0.25, 0.3) is 0 Å². The smallest absolute Gasteiger partial charge is 0.321 e. The fraction of sp³-hybridized carbons (Fsp3) is 0.450. The molecule has 2 saturated heterocycles.